The van der Waals surface area contributed by atoms with Gasteiger partial charge in [-0.05, 0) is 48.4 Å². The Balaban J connectivity index is 1.91. The van der Waals surface area contributed by atoms with Gasteiger partial charge in [0.25, 0.3) is 5.69 Å². The predicted molar refractivity (Wildman–Crippen MR) is 81.4 cm³/mol. The van der Waals surface area contributed by atoms with Crippen molar-refractivity contribution in [2.45, 2.75) is 19.4 Å². The third-order valence-electron chi connectivity index (χ3n) is 3.50. The molecule has 110 valence electrons. The number of nitro benzene ring substituents is 1. The van der Waals surface area contributed by atoms with Gasteiger partial charge < -0.3 is 10.1 Å². The zero-order chi connectivity index (χ0) is 14.4. The molecule has 20 heavy (non-hydrogen) atoms. The second-order valence-electron chi connectivity index (χ2n) is 4.98. The molecule has 0 amide bonds. The van der Waals surface area contributed by atoms with Gasteiger partial charge in [-0.3, -0.25) is 10.1 Å². The van der Waals surface area contributed by atoms with Crippen molar-refractivity contribution >= 4 is 17.4 Å². The van der Waals surface area contributed by atoms with E-state index >= 15 is 0 Å². The van der Waals surface area contributed by atoms with Crippen LogP contribution in [0.3, 0.4) is 0 Å². The molecule has 6 heteroatoms. The summed E-state index contributed by atoms with van der Waals surface area (Å²) in [7, 11) is 1.52. The second-order valence-corrected chi connectivity index (χ2v) is 6.21. The molecule has 1 aliphatic rings. The van der Waals surface area contributed by atoms with E-state index in [1.807, 2.05) is 17.8 Å². The fraction of sp³-hybridized carbons (Fsp3) is 0.571. The lowest BCUT2D eigenvalue weighted by molar-refractivity contribution is -0.385. The van der Waals surface area contributed by atoms with Gasteiger partial charge in [0.15, 0.2) is 0 Å². The van der Waals surface area contributed by atoms with Crippen molar-refractivity contribution in [3.8, 4) is 5.75 Å². The van der Waals surface area contributed by atoms with E-state index in [1.165, 1.54) is 37.5 Å². The maximum Gasteiger partial charge on any atom is 0.273 e. The van der Waals surface area contributed by atoms with Crippen LogP contribution in [0.4, 0.5) is 5.69 Å². The number of nitrogens with one attached hydrogen (secondary N) is 1. The van der Waals surface area contributed by atoms with Crippen molar-refractivity contribution in [1.29, 1.82) is 0 Å². The summed E-state index contributed by atoms with van der Waals surface area (Å²) in [6.45, 7) is 1.62. The number of nitrogens with zero attached hydrogens (tertiary/aromatic N) is 1. The average molecular weight is 296 g/mol. The Hall–Kier alpha value is -1.27. The maximum atomic E-state index is 10.9. The van der Waals surface area contributed by atoms with Crippen molar-refractivity contribution in [3.63, 3.8) is 0 Å². The Bertz CT molecular complexity index is 462. The molecule has 0 aromatic heterocycles. The fourth-order valence-electron chi connectivity index (χ4n) is 2.34. The third-order valence-corrected chi connectivity index (χ3v) is 4.55. The molecule has 5 nitrogen and oxygen atoms in total. The van der Waals surface area contributed by atoms with E-state index in [0.717, 1.165) is 18.0 Å². The van der Waals surface area contributed by atoms with Crippen molar-refractivity contribution in [3.05, 3.63) is 33.9 Å². The normalized spacial score (nSPS) is 16.1. The molecule has 1 aliphatic heterocycles. The van der Waals surface area contributed by atoms with Gasteiger partial charge in [0, 0.05) is 12.6 Å². The van der Waals surface area contributed by atoms with E-state index in [-0.39, 0.29) is 10.6 Å². The molecule has 0 aliphatic carbocycles. The molecular formula is C14H20N2O3S. The summed E-state index contributed by atoms with van der Waals surface area (Å²) < 4.78 is 5.11. The van der Waals surface area contributed by atoms with Gasteiger partial charge in [0.05, 0.1) is 18.1 Å². The number of methoxy groups -OCH3 is 1. The molecule has 0 saturated carbocycles. The monoisotopic (exact) mass is 296 g/mol. The van der Waals surface area contributed by atoms with E-state index in [1.54, 1.807) is 6.07 Å². The number of nitro groups is 1. The SMILES string of the molecule is COc1cc(CNCC2CCSCC2)cc([N+](=O)[O-])c1. The van der Waals surface area contributed by atoms with Crippen LogP contribution in [0.1, 0.15) is 18.4 Å². The van der Waals surface area contributed by atoms with Crippen LogP contribution in [0.25, 0.3) is 0 Å². The zero-order valence-electron chi connectivity index (χ0n) is 11.6. The van der Waals surface area contributed by atoms with Crippen LogP contribution >= 0.6 is 11.8 Å². The summed E-state index contributed by atoms with van der Waals surface area (Å²) in [5.41, 5.74) is 0.969. The Kier molecular flexibility index (Phi) is 5.67. The quantitative estimate of drug-likeness (QED) is 0.646. The predicted octanol–water partition coefficient (Wildman–Crippen LogP) is 2.84. The number of hydrogen-bond donors (Lipinski definition) is 1. The number of benzene rings is 1. The molecule has 0 atom stereocenters. The Morgan fingerprint density at radius 3 is 2.80 bits per heavy atom. The second kappa shape index (κ2) is 7.50. The highest BCUT2D eigenvalue weighted by molar-refractivity contribution is 7.99. The van der Waals surface area contributed by atoms with E-state index in [0.29, 0.717) is 12.3 Å². The number of rotatable bonds is 6. The summed E-state index contributed by atoms with van der Waals surface area (Å²) in [5, 5.41) is 14.3. The van der Waals surface area contributed by atoms with Crippen molar-refractivity contribution in [1.82, 2.24) is 5.32 Å². The highest BCUT2D eigenvalue weighted by Crippen LogP contribution is 2.24. The lowest BCUT2D eigenvalue weighted by Gasteiger charge is -2.21. The summed E-state index contributed by atoms with van der Waals surface area (Å²) in [6.07, 6.45) is 2.52. The number of ether oxygens (including phenoxy) is 1. The van der Waals surface area contributed by atoms with Gasteiger partial charge >= 0.3 is 0 Å². The van der Waals surface area contributed by atoms with Crippen LogP contribution in [0.5, 0.6) is 5.75 Å². The van der Waals surface area contributed by atoms with Crippen molar-refractivity contribution in [2.75, 3.05) is 25.2 Å². The van der Waals surface area contributed by atoms with Gasteiger partial charge in [-0.2, -0.15) is 11.8 Å². The molecule has 0 unspecified atom stereocenters. The number of non-ortho nitro benzene ring substituents is 1. The first kappa shape index (κ1) is 15.1. The summed E-state index contributed by atoms with van der Waals surface area (Å²) >= 11 is 2.02. The molecule has 2 rings (SSSR count). The molecule has 1 aromatic rings. The van der Waals surface area contributed by atoms with Gasteiger partial charge in [0.2, 0.25) is 0 Å². The maximum absolute atomic E-state index is 10.9. The van der Waals surface area contributed by atoms with Crippen LogP contribution in [0.15, 0.2) is 18.2 Å². The molecule has 1 N–H and O–H groups in total. The van der Waals surface area contributed by atoms with Crippen molar-refractivity contribution in [2.24, 2.45) is 5.92 Å². The Morgan fingerprint density at radius 1 is 1.40 bits per heavy atom. The minimum absolute atomic E-state index is 0.0789. The molecule has 0 radical (unpaired) electrons. The minimum atomic E-state index is -0.385. The smallest absolute Gasteiger partial charge is 0.273 e. The lowest BCUT2D eigenvalue weighted by atomic mass is 10.0. The summed E-state index contributed by atoms with van der Waals surface area (Å²) in [6, 6.07) is 4.89. The van der Waals surface area contributed by atoms with E-state index in [4.69, 9.17) is 4.74 Å². The molecule has 1 aromatic carbocycles. The largest absolute Gasteiger partial charge is 0.496 e. The topological polar surface area (TPSA) is 64.4 Å². The highest BCUT2D eigenvalue weighted by Gasteiger charge is 2.14. The fourth-order valence-corrected chi connectivity index (χ4v) is 3.54. The minimum Gasteiger partial charge on any atom is -0.496 e. The highest BCUT2D eigenvalue weighted by atomic mass is 32.2. The average Bonchev–Trinajstić information content (AvgIpc) is 2.48. The first-order chi connectivity index (χ1) is 9.69. The van der Waals surface area contributed by atoms with E-state index < -0.39 is 0 Å². The third kappa shape index (κ3) is 4.38. The van der Waals surface area contributed by atoms with Gasteiger partial charge in [-0.1, -0.05) is 0 Å². The lowest BCUT2D eigenvalue weighted by Crippen LogP contribution is -2.25. The van der Waals surface area contributed by atoms with Crippen LogP contribution in [-0.4, -0.2) is 30.1 Å². The number of thioether (sulfide) groups is 1. The Morgan fingerprint density at radius 2 is 2.15 bits per heavy atom. The number of hydrogen-bond acceptors (Lipinski definition) is 5. The van der Waals surface area contributed by atoms with Crippen LogP contribution in [0.2, 0.25) is 0 Å². The van der Waals surface area contributed by atoms with Crippen molar-refractivity contribution < 1.29 is 9.66 Å². The Labute approximate surface area is 123 Å². The molecule has 1 heterocycles. The standard InChI is InChI=1S/C14H20N2O3S/c1-19-14-7-12(6-13(8-14)16(17)18)10-15-9-11-2-4-20-5-3-11/h6-8,11,15H,2-5,9-10H2,1H3. The molecule has 1 saturated heterocycles. The van der Waals surface area contributed by atoms with Crippen LogP contribution in [0, 0.1) is 16.0 Å². The molecule has 0 bridgehead atoms. The van der Waals surface area contributed by atoms with Crippen LogP contribution in [-0.2, 0) is 6.54 Å². The summed E-state index contributed by atoms with van der Waals surface area (Å²) in [5.74, 6) is 3.76. The van der Waals surface area contributed by atoms with E-state index in [2.05, 4.69) is 5.32 Å². The molecule has 0 spiro atoms. The van der Waals surface area contributed by atoms with Gasteiger partial charge in [-0.25, -0.2) is 0 Å². The van der Waals surface area contributed by atoms with Crippen LogP contribution < -0.4 is 10.1 Å². The van der Waals surface area contributed by atoms with E-state index in [9.17, 15) is 10.1 Å². The van der Waals surface area contributed by atoms with Gasteiger partial charge in [-0.15, -0.1) is 0 Å². The first-order valence-corrected chi connectivity index (χ1v) is 7.95. The van der Waals surface area contributed by atoms with Gasteiger partial charge in [0.1, 0.15) is 5.75 Å². The first-order valence-electron chi connectivity index (χ1n) is 6.80. The zero-order valence-corrected chi connectivity index (χ0v) is 12.4. The molecule has 1 fully saturated rings. The molecular weight excluding hydrogens is 276 g/mol. The summed E-state index contributed by atoms with van der Waals surface area (Å²) in [4.78, 5) is 10.5.